The fourth-order valence-electron chi connectivity index (χ4n) is 0.708. The number of nitrogens with zero attached hydrogens (tertiary/aromatic N) is 3. The van der Waals surface area contributed by atoms with E-state index in [0.29, 0.717) is 0 Å². The van der Waals surface area contributed by atoms with E-state index >= 15 is 0 Å². The molecule has 0 aliphatic heterocycles. The summed E-state index contributed by atoms with van der Waals surface area (Å²) >= 11 is 0. The van der Waals surface area contributed by atoms with E-state index in [4.69, 9.17) is 5.11 Å². The number of likely N-dealkylation sites (N-methyl/N-ethyl adjacent to an activating group) is 1. The van der Waals surface area contributed by atoms with E-state index < -0.39 is 12.4 Å². The van der Waals surface area contributed by atoms with Crippen LogP contribution in [0, 0.1) is 5.21 Å². The molecule has 0 rings (SSSR count). The number of hydrazine groups is 1. The summed E-state index contributed by atoms with van der Waals surface area (Å²) in [6.07, 6.45) is -1.95. The molecule has 0 heterocycles. The number of ether oxygens (including phenoxy) is 2. The molecule has 1 unspecified atom stereocenters. The summed E-state index contributed by atoms with van der Waals surface area (Å²) in [6.45, 7) is 3.08. The van der Waals surface area contributed by atoms with Crippen molar-refractivity contribution in [1.82, 2.24) is 5.01 Å². The minimum atomic E-state index is -1.05. The maximum atomic E-state index is 11.1. The van der Waals surface area contributed by atoms with E-state index in [0.717, 1.165) is 5.01 Å². The highest BCUT2D eigenvalue weighted by atomic mass is 16.8. The molecule has 0 saturated heterocycles. The SMILES string of the molecule is CCOC(=O)OC(C)ON=[N+]([O-])N(C)CCO. The van der Waals surface area contributed by atoms with Gasteiger partial charge < -0.3 is 19.8 Å². The van der Waals surface area contributed by atoms with Gasteiger partial charge in [0.15, 0.2) is 0 Å². The molecule has 0 fully saturated rings. The largest absolute Gasteiger partial charge is 0.569 e. The average molecular weight is 251 g/mol. The molecule has 17 heavy (non-hydrogen) atoms. The maximum absolute atomic E-state index is 11.1. The Kier molecular flexibility index (Phi) is 7.52. The minimum absolute atomic E-state index is 0.101. The summed E-state index contributed by atoms with van der Waals surface area (Å²) in [5, 5.41) is 23.9. The van der Waals surface area contributed by atoms with Crippen LogP contribution >= 0.6 is 0 Å². The van der Waals surface area contributed by atoms with Crippen molar-refractivity contribution in [2.24, 2.45) is 5.28 Å². The number of carbonyl (C=O) groups excluding carboxylic acids is 1. The Balaban J connectivity index is 3.99. The molecule has 0 aliphatic carbocycles. The first-order chi connectivity index (χ1) is 8.01. The van der Waals surface area contributed by atoms with Crippen molar-refractivity contribution in [3.8, 4) is 0 Å². The number of hydrogen-bond donors (Lipinski definition) is 1. The predicted molar refractivity (Wildman–Crippen MR) is 54.4 cm³/mol. The minimum Gasteiger partial charge on any atom is -0.569 e. The molecule has 0 aromatic heterocycles. The Morgan fingerprint density at radius 3 is 2.82 bits per heavy atom. The quantitative estimate of drug-likeness (QED) is 0.227. The van der Waals surface area contributed by atoms with Crippen molar-refractivity contribution >= 4 is 6.16 Å². The second-order valence-corrected chi connectivity index (χ2v) is 2.91. The van der Waals surface area contributed by atoms with Gasteiger partial charge >= 0.3 is 6.16 Å². The average Bonchev–Trinajstić information content (AvgIpc) is 2.26. The zero-order chi connectivity index (χ0) is 13.3. The molecule has 100 valence electrons. The third-order valence-electron chi connectivity index (χ3n) is 1.51. The molecule has 0 spiro atoms. The van der Waals surface area contributed by atoms with Crippen LogP contribution in [0.5, 0.6) is 0 Å². The first-order valence-corrected chi connectivity index (χ1v) is 5.00. The Morgan fingerprint density at radius 2 is 2.29 bits per heavy atom. The lowest BCUT2D eigenvalue weighted by Crippen LogP contribution is -2.30. The van der Waals surface area contributed by atoms with Crippen molar-refractivity contribution in [3.63, 3.8) is 0 Å². The van der Waals surface area contributed by atoms with E-state index in [1.807, 2.05) is 0 Å². The molecule has 1 N–H and O–H groups in total. The van der Waals surface area contributed by atoms with Gasteiger partial charge in [0.1, 0.15) is 0 Å². The molecule has 0 aromatic rings. The van der Waals surface area contributed by atoms with Crippen molar-refractivity contribution in [2.45, 2.75) is 20.1 Å². The fourth-order valence-corrected chi connectivity index (χ4v) is 0.708. The number of hydrogen-bond acceptors (Lipinski definition) is 7. The number of aliphatic hydroxyl groups excluding tert-OH is 1. The van der Waals surface area contributed by atoms with E-state index in [1.54, 1.807) is 6.92 Å². The Hall–Kier alpha value is -1.77. The Labute approximate surface area is 98.7 Å². The highest BCUT2D eigenvalue weighted by Crippen LogP contribution is 1.98. The van der Waals surface area contributed by atoms with Crippen LogP contribution in [0.1, 0.15) is 13.8 Å². The molecule has 0 bridgehead atoms. The Bertz CT molecular complexity index is 260. The highest BCUT2D eigenvalue weighted by Gasteiger charge is 2.13. The van der Waals surface area contributed by atoms with Crippen LogP contribution in [0.3, 0.4) is 0 Å². The third kappa shape index (κ3) is 7.17. The van der Waals surface area contributed by atoms with Crippen LogP contribution in [0.15, 0.2) is 5.28 Å². The van der Waals surface area contributed by atoms with Crippen LogP contribution in [-0.2, 0) is 14.3 Å². The summed E-state index contributed by atoms with van der Waals surface area (Å²) in [7, 11) is 1.41. The Morgan fingerprint density at radius 1 is 1.65 bits per heavy atom. The molecule has 9 heteroatoms. The second kappa shape index (κ2) is 8.39. The van der Waals surface area contributed by atoms with Gasteiger partial charge in [-0.05, 0) is 6.92 Å². The summed E-state index contributed by atoms with van der Waals surface area (Å²) < 4.78 is 9.06. The molecular formula is C8H17N3O6. The molecule has 0 aromatic carbocycles. The van der Waals surface area contributed by atoms with E-state index in [9.17, 15) is 10.0 Å². The normalized spacial score (nSPS) is 12.8. The van der Waals surface area contributed by atoms with E-state index in [-0.39, 0.29) is 24.7 Å². The van der Waals surface area contributed by atoms with E-state index in [2.05, 4.69) is 19.6 Å². The lowest BCUT2D eigenvalue weighted by Gasteiger charge is -2.12. The van der Waals surface area contributed by atoms with Gasteiger partial charge in [0, 0.05) is 6.92 Å². The first kappa shape index (κ1) is 15.2. The van der Waals surface area contributed by atoms with Crippen molar-refractivity contribution < 1.29 is 29.2 Å². The van der Waals surface area contributed by atoms with Crippen molar-refractivity contribution in [2.75, 3.05) is 26.8 Å². The smallest absolute Gasteiger partial charge is 0.511 e. The van der Waals surface area contributed by atoms with Crippen LogP contribution in [0.2, 0.25) is 0 Å². The van der Waals surface area contributed by atoms with Gasteiger partial charge in [-0.25, -0.2) is 4.79 Å². The topological polar surface area (TPSA) is 107 Å². The molecule has 1 atom stereocenters. The summed E-state index contributed by atoms with van der Waals surface area (Å²) in [5.74, 6) is 0. The zero-order valence-electron chi connectivity index (χ0n) is 10.0. The van der Waals surface area contributed by atoms with Gasteiger partial charge in [-0.1, -0.05) is 0 Å². The number of rotatable bonds is 7. The van der Waals surface area contributed by atoms with Gasteiger partial charge in [0.2, 0.25) is 5.28 Å². The van der Waals surface area contributed by atoms with Gasteiger partial charge in [0.05, 0.1) is 31.8 Å². The number of aliphatic hydroxyl groups is 1. The lowest BCUT2D eigenvalue weighted by molar-refractivity contribution is -0.707. The molecular weight excluding hydrogens is 234 g/mol. The summed E-state index contributed by atoms with van der Waals surface area (Å²) in [4.78, 5) is 15.5. The van der Waals surface area contributed by atoms with Gasteiger partial charge in [0.25, 0.3) is 6.29 Å². The zero-order valence-corrected chi connectivity index (χ0v) is 10.0. The van der Waals surface area contributed by atoms with Crippen molar-refractivity contribution in [1.29, 1.82) is 0 Å². The standard InChI is InChI=1S/C8H17N3O6/c1-4-15-8(13)16-7(2)17-9-11(14)10(3)5-6-12/h7,12H,4-6H2,1-3H3. The molecule has 0 saturated carbocycles. The summed E-state index contributed by atoms with van der Waals surface area (Å²) in [6, 6.07) is 0. The van der Waals surface area contributed by atoms with E-state index in [1.165, 1.54) is 14.0 Å². The van der Waals surface area contributed by atoms with Gasteiger partial charge in [-0.15, -0.1) is 5.01 Å². The summed E-state index contributed by atoms with van der Waals surface area (Å²) in [5.41, 5.74) is 0. The predicted octanol–water partition coefficient (Wildman–Crippen LogP) is 0.239. The van der Waals surface area contributed by atoms with Crippen LogP contribution in [-0.4, -0.2) is 54.3 Å². The molecule has 0 aliphatic rings. The van der Waals surface area contributed by atoms with Crippen LogP contribution in [0.4, 0.5) is 4.79 Å². The third-order valence-corrected chi connectivity index (χ3v) is 1.51. The highest BCUT2D eigenvalue weighted by molar-refractivity contribution is 5.59. The number of carbonyl (C=O) groups is 1. The molecule has 0 amide bonds. The fraction of sp³-hybridized carbons (Fsp3) is 0.875. The van der Waals surface area contributed by atoms with Crippen molar-refractivity contribution in [3.05, 3.63) is 5.21 Å². The van der Waals surface area contributed by atoms with Crippen LogP contribution in [0.25, 0.3) is 0 Å². The second-order valence-electron chi connectivity index (χ2n) is 2.91. The first-order valence-electron chi connectivity index (χ1n) is 5.00. The van der Waals surface area contributed by atoms with Gasteiger partial charge in [-0.2, -0.15) is 0 Å². The molecule has 9 nitrogen and oxygen atoms in total. The van der Waals surface area contributed by atoms with Gasteiger partial charge in [-0.3, -0.25) is 4.84 Å². The lowest BCUT2D eigenvalue weighted by atomic mass is 10.7. The monoisotopic (exact) mass is 251 g/mol. The maximum Gasteiger partial charge on any atom is 0.511 e. The van der Waals surface area contributed by atoms with Crippen LogP contribution < -0.4 is 0 Å². The molecule has 0 radical (unpaired) electrons.